The molecule has 0 spiro atoms. The Balaban J connectivity index is 1.96. The molecule has 0 fully saturated rings. The van der Waals surface area contributed by atoms with Crippen molar-refractivity contribution in [1.29, 1.82) is 0 Å². The number of halogens is 1. The first kappa shape index (κ1) is 10.9. The molecule has 0 saturated heterocycles. The van der Waals surface area contributed by atoms with E-state index in [0.717, 1.165) is 20.1 Å². The third kappa shape index (κ3) is 3.19. The van der Waals surface area contributed by atoms with Gasteiger partial charge in [-0.1, -0.05) is 46.8 Å². The second kappa shape index (κ2) is 4.96. The fourth-order valence-corrected chi connectivity index (χ4v) is 2.96. The van der Waals surface area contributed by atoms with Gasteiger partial charge in [0.25, 0.3) is 0 Å². The van der Waals surface area contributed by atoms with Crippen molar-refractivity contribution in [3.8, 4) is 0 Å². The maximum Gasteiger partial charge on any atom is 0.174 e. The van der Waals surface area contributed by atoms with Gasteiger partial charge in [-0.3, -0.25) is 0 Å². The molecule has 15 heavy (non-hydrogen) atoms. The number of rotatable bonds is 3. The lowest BCUT2D eigenvalue weighted by molar-refractivity contribution is 0.983. The van der Waals surface area contributed by atoms with Gasteiger partial charge in [-0.2, -0.15) is 0 Å². The second-order valence-corrected chi connectivity index (χ2v) is 5.84. The summed E-state index contributed by atoms with van der Waals surface area (Å²) < 4.78 is 1.02. The Bertz CT molecular complexity index is 439. The molecule has 0 unspecified atom stereocenters. The Labute approximate surface area is 102 Å². The number of hydrogen-bond acceptors (Lipinski definition) is 4. The highest BCUT2D eigenvalue weighted by Crippen LogP contribution is 2.25. The first-order valence-corrected chi connectivity index (χ1v) is 6.59. The van der Waals surface area contributed by atoms with Crippen LogP contribution in [-0.4, -0.2) is 10.2 Å². The summed E-state index contributed by atoms with van der Waals surface area (Å²) in [6, 6.07) is 7.87. The average Bonchev–Trinajstić information content (AvgIpc) is 2.64. The molecule has 2 aromatic rings. The van der Waals surface area contributed by atoms with E-state index in [9.17, 15) is 0 Å². The molecule has 0 aliphatic carbocycles. The quantitative estimate of drug-likeness (QED) is 0.782. The van der Waals surface area contributed by atoms with Gasteiger partial charge in [-0.15, -0.1) is 10.2 Å². The molecule has 2 nitrogen and oxygen atoms in total. The Morgan fingerprint density at radius 1 is 1.27 bits per heavy atom. The highest BCUT2D eigenvalue weighted by molar-refractivity contribution is 8.00. The topological polar surface area (TPSA) is 25.8 Å². The third-order valence-electron chi connectivity index (χ3n) is 1.78. The van der Waals surface area contributed by atoms with Crippen molar-refractivity contribution in [2.24, 2.45) is 0 Å². The summed E-state index contributed by atoms with van der Waals surface area (Å²) in [5.74, 6) is 0.909. The highest BCUT2D eigenvalue weighted by atomic mass is 35.5. The molecule has 0 N–H and O–H groups in total. The van der Waals surface area contributed by atoms with Crippen LogP contribution < -0.4 is 0 Å². The van der Waals surface area contributed by atoms with Crippen LogP contribution in [0.25, 0.3) is 0 Å². The first-order chi connectivity index (χ1) is 7.24. The van der Waals surface area contributed by atoms with E-state index in [1.807, 2.05) is 31.2 Å². The predicted molar refractivity (Wildman–Crippen MR) is 65.7 cm³/mol. The molecule has 0 atom stereocenters. The third-order valence-corrected chi connectivity index (χ3v) is 4.08. The summed E-state index contributed by atoms with van der Waals surface area (Å²) >= 11 is 9.13. The second-order valence-electron chi connectivity index (χ2n) is 3.00. The Morgan fingerprint density at radius 3 is 2.60 bits per heavy atom. The van der Waals surface area contributed by atoms with E-state index in [4.69, 9.17) is 11.6 Å². The van der Waals surface area contributed by atoms with Crippen molar-refractivity contribution in [1.82, 2.24) is 10.2 Å². The van der Waals surface area contributed by atoms with Gasteiger partial charge in [0.05, 0.1) is 0 Å². The van der Waals surface area contributed by atoms with Crippen LogP contribution in [-0.2, 0) is 5.75 Å². The molecule has 0 bridgehead atoms. The fourth-order valence-electron chi connectivity index (χ4n) is 1.06. The summed E-state index contributed by atoms with van der Waals surface area (Å²) in [6.45, 7) is 1.96. The van der Waals surface area contributed by atoms with Crippen LogP contribution in [0.5, 0.6) is 0 Å². The number of nitrogens with zero attached hydrogens (tertiary/aromatic N) is 2. The molecular formula is C10H9ClN2S2. The number of thioether (sulfide) groups is 1. The van der Waals surface area contributed by atoms with Gasteiger partial charge >= 0.3 is 0 Å². The van der Waals surface area contributed by atoms with E-state index in [-0.39, 0.29) is 0 Å². The minimum absolute atomic E-state index is 0.774. The molecule has 0 radical (unpaired) electrons. The van der Waals surface area contributed by atoms with Gasteiger partial charge in [-0.25, -0.2) is 0 Å². The van der Waals surface area contributed by atoms with E-state index in [1.165, 1.54) is 5.56 Å². The molecule has 0 saturated carbocycles. The van der Waals surface area contributed by atoms with Crippen LogP contribution in [0.3, 0.4) is 0 Å². The Morgan fingerprint density at radius 2 is 2.00 bits per heavy atom. The number of benzene rings is 1. The summed E-state index contributed by atoms with van der Waals surface area (Å²) in [6.07, 6.45) is 0. The fraction of sp³-hybridized carbons (Fsp3) is 0.200. The van der Waals surface area contributed by atoms with Gasteiger partial charge in [0.2, 0.25) is 0 Å². The molecule has 0 aliphatic rings. The average molecular weight is 257 g/mol. The van der Waals surface area contributed by atoms with Gasteiger partial charge in [0.15, 0.2) is 4.34 Å². The summed E-state index contributed by atoms with van der Waals surface area (Å²) in [4.78, 5) is 0. The normalized spacial score (nSPS) is 10.5. The van der Waals surface area contributed by atoms with Crippen molar-refractivity contribution in [2.75, 3.05) is 0 Å². The zero-order valence-corrected chi connectivity index (χ0v) is 10.5. The Hall–Kier alpha value is -0.580. The van der Waals surface area contributed by atoms with E-state index in [1.54, 1.807) is 23.1 Å². The van der Waals surface area contributed by atoms with Crippen LogP contribution in [0.1, 0.15) is 10.6 Å². The maximum atomic E-state index is 5.81. The Kier molecular flexibility index (Phi) is 3.61. The molecule has 1 aromatic heterocycles. The van der Waals surface area contributed by atoms with Crippen LogP contribution in [0, 0.1) is 6.92 Å². The van der Waals surface area contributed by atoms with E-state index in [0.29, 0.717) is 0 Å². The SMILES string of the molecule is Cc1nnc(SCc2ccc(Cl)cc2)s1. The van der Waals surface area contributed by atoms with Crippen molar-refractivity contribution in [3.05, 3.63) is 39.9 Å². The molecule has 5 heteroatoms. The summed E-state index contributed by atoms with van der Waals surface area (Å²) in [5.41, 5.74) is 1.25. The minimum Gasteiger partial charge on any atom is -0.143 e. The molecule has 1 aromatic carbocycles. The first-order valence-electron chi connectivity index (χ1n) is 4.41. The number of aryl methyl sites for hydroxylation is 1. The number of hydrogen-bond donors (Lipinski definition) is 0. The van der Waals surface area contributed by atoms with Crippen LogP contribution in [0.2, 0.25) is 5.02 Å². The van der Waals surface area contributed by atoms with Gasteiger partial charge in [-0.05, 0) is 24.6 Å². The van der Waals surface area contributed by atoms with Crippen molar-refractivity contribution >= 4 is 34.7 Å². The smallest absolute Gasteiger partial charge is 0.143 e. The van der Waals surface area contributed by atoms with Gasteiger partial charge < -0.3 is 0 Å². The predicted octanol–water partition coefficient (Wildman–Crippen LogP) is 3.79. The zero-order chi connectivity index (χ0) is 10.7. The van der Waals surface area contributed by atoms with E-state index < -0.39 is 0 Å². The van der Waals surface area contributed by atoms with Gasteiger partial charge in [0, 0.05) is 10.8 Å². The van der Waals surface area contributed by atoms with E-state index in [2.05, 4.69) is 10.2 Å². The van der Waals surface area contributed by atoms with Crippen molar-refractivity contribution < 1.29 is 0 Å². The van der Waals surface area contributed by atoms with Crippen molar-refractivity contribution in [3.63, 3.8) is 0 Å². The van der Waals surface area contributed by atoms with Crippen LogP contribution in [0.15, 0.2) is 28.6 Å². The lowest BCUT2D eigenvalue weighted by Crippen LogP contribution is -1.79. The molecule has 2 rings (SSSR count). The lowest BCUT2D eigenvalue weighted by Gasteiger charge is -1.98. The lowest BCUT2D eigenvalue weighted by atomic mass is 10.2. The zero-order valence-electron chi connectivity index (χ0n) is 8.11. The standard InChI is InChI=1S/C10H9ClN2S2/c1-7-12-13-10(15-7)14-6-8-2-4-9(11)5-3-8/h2-5H,6H2,1H3. The summed E-state index contributed by atoms with van der Waals surface area (Å²) in [5, 5.41) is 9.80. The maximum absolute atomic E-state index is 5.81. The minimum atomic E-state index is 0.774. The number of aromatic nitrogens is 2. The summed E-state index contributed by atoms with van der Waals surface area (Å²) in [7, 11) is 0. The largest absolute Gasteiger partial charge is 0.174 e. The van der Waals surface area contributed by atoms with Crippen LogP contribution >= 0.6 is 34.7 Å². The highest BCUT2D eigenvalue weighted by Gasteiger charge is 2.01. The van der Waals surface area contributed by atoms with E-state index >= 15 is 0 Å². The van der Waals surface area contributed by atoms with Gasteiger partial charge in [0.1, 0.15) is 5.01 Å². The monoisotopic (exact) mass is 256 g/mol. The molecule has 0 aliphatic heterocycles. The molecule has 0 amide bonds. The molecule has 1 heterocycles. The van der Waals surface area contributed by atoms with Crippen molar-refractivity contribution in [2.45, 2.75) is 17.0 Å². The van der Waals surface area contributed by atoms with Crippen LogP contribution in [0.4, 0.5) is 0 Å². The molecular weight excluding hydrogens is 248 g/mol. The molecule has 78 valence electrons.